The predicted molar refractivity (Wildman–Crippen MR) is 124 cm³/mol. The first kappa shape index (κ1) is 23.5. The zero-order valence-electron chi connectivity index (χ0n) is 19.8. The molecule has 3 atom stereocenters. The molecule has 8 heteroatoms. The normalized spacial score (nSPS) is 25.5. The van der Waals surface area contributed by atoms with Gasteiger partial charge in [0.05, 0.1) is 24.1 Å². The van der Waals surface area contributed by atoms with E-state index in [0.29, 0.717) is 42.5 Å². The number of hydrogen-bond acceptors (Lipinski definition) is 5. The van der Waals surface area contributed by atoms with Crippen LogP contribution < -0.4 is 15.4 Å². The van der Waals surface area contributed by atoms with Gasteiger partial charge >= 0.3 is 0 Å². The number of hydrogen-bond donors (Lipinski definition) is 2. The summed E-state index contributed by atoms with van der Waals surface area (Å²) >= 11 is 0. The van der Waals surface area contributed by atoms with Gasteiger partial charge in [-0.3, -0.25) is 14.4 Å². The Kier molecular flexibility index (Phi) is 7.22. The number of ether oxygens (including phenoxy) is 2. The molecule has 2 fully saturated rings. The highest BCUT2D eigenvalue weighted by molar-refractivity contribution is 6.00. The number of likely N-dealkylation sites (N-methyl/N-ethyl adjacent to an activating group) is 1. The summed E-state index contributed by atoms with van der Waals surface area (Å²) in [7, 11) is 1.78. The minimum absolute atomic E-state index is 0.0443. The number of rotatable bonds is 5. The van der Waals surface area contributed by atoms with Crippen molar-refractivity contribution in [2.45, 2.75) is 83.1 Å². The summed E-state index contributed by atoms with van der Waals surface area (Å²) in [5.74, 6) is 0.0861. The van der Waals surface area contributed by atoms with Gasteiger partial charge in [0.25, 0.3) is 5.91 Å². The Morgan fingerprint density at radius 2 is 1.91 bits per heavy atom. The van der Waals surface area contributed by atoms with Gasteiger partial charge in [-0.15, -0.1) is 0 Å². The lowest BCUT2D eigenvalue weighted by Crippen LogP contribution is -2.54. The summed E-state index contributed by atoms with van der Waals surface area (Å²) in [6, 6.07) is 5.30. The second-order valence-electron chi connectivity index (χ2n) is 9.78. The number of nitrogens with one attached hydrogen (secondary N) is 2. The molecule has 4 rings (SSSR count). The fourth-order valence-electron chi connectivity index (χ4n) is 4.96. The number of carbonyl (C=O) groups excluding carboxylic acids is 3. The molecule has 0 radical (unpaired) electrons. The topological polar surface area (TPSA) is 97.0 Å². The molecular weight excluding hydrogens is 422 g/mol. The molecule has 33 heavy (non-hydrogen) atoms. The maximum absolute atomic E-state index is 13.3. The number of carbonyl (C=O) groups is 3. The van der Waals surface area contributed by atoms with Crippen molar-refractivity contribution in [3.05, 3.63) is 23.8 Å². The lowest BCUT2D eigenvalue weighted by Gasteiger charge is -2.42. The van der Waals surface area contributed by atoms with Crippen LogP contribution in [0.5, 0.6) is 5.75 Å². The van der Waals surface area contributed by atoms with Crippen LogP contribution in [-0.2, 0) is 14.3 Å². The van der Waals surface area contributed by atoms with Crippen LogP contribution in [0.1, 0.15) is 69.2 Å². The van der Waals surface area contributed by atoms with Gasteiger partial charge < -0.3 is 25.0 Å². The average molecular weight is 458 g/mol. The van der Waals surface area contributed by atoms with Crippen LogP contribution in [0.4, 0.5) is 5.69 Å². The fraction of sp³-hybridized carbons (Fsp3) is 0.640. The lowest BCUT2D eigenvalue weighted by atomic mass is 9.94. The lowest BCUT2D eigenvalue weighted by molar-refractivity contribution is -0.134. The summed E-state index contributed by atoms with van der Waals surface area (Å²) in [5.41, 5.74) is 0.999. The SMILES string of the molecule is CC(C)C(=O)Nc1ccc2c(c1)C(=O)N(C)[C@H]1CC[C@@H](CC(=O)NC3CCCC3)O[C@@H]1CO2. The standard InChI is InChI=1S/C25H35N3O5/c1-15(2)24(30)27-17-8-11-21-19(12-17)25(31)28(3)20-10-9-18(33-22(20)14-32-21)13-23(29)26-16-6-4-5-7-16/h8,11-12,15-16,18,20,22H,4-7,9-10,13-14H2,1-3H3,(H,26,29)(H,27,30)/t18-,20-,22+/m0/s1. The molecule has 2 N–H and O–H groups in total. The molecule has 1 aromatic carbocycles. The van der Waals surface area contributed by atoms with Crippen LogP contribution in [-0.4, -0.2) is 60.6 Å². The number of fused-ring (bicyclic) bond motifs is 2. The zero-order chi connectivity index (χ0) is 23.5. The highest BCUT2D eigenvalue weighted by Crippen LogP contribution is 2.32. The first-order valence-corrected chi connectivity index (χ1v) is 12.1. The highest BCUT2D eigenvalue weighted by atomic mass is 16.5. The predicted octanol–water partition coefficient (Wildman–Crippen LogP) is 3.11. The maximum atomic E-state index is 13.3. The molecule has 2 heterocycles. The summed E-state index contributed by atoms with van der Waals surface area (Å²) < 4.78 is 12.3. The van der Waals surface area contributed by atoms with E-state index in [4.69, 9.17) is 9.47 Å². The molecule has 1 saturated heterocycles. The molecule has 1 aromatic rings. The number of nitrogens with zero attached hydrogens (tertiary/aromatic N) is 1. The summed E-state index contributed by atoms with van der Waals surface area (Å²) in [4.78, 5) is 39.5. The Labute approximate surface area is 195 Å². The third-order valence-corrected chi connectivity index (χ3v) is 6.94. The van der Waals surface area contributed by atoms with Crippen molar-refractivity contribution in [1.82, 2.24) is 10.2 Å². The van der Waals surface area contributed by atoms with E-state index in [-0.39, 0.29) is 41.9 Å². The monoisotopic (exact) mass is 457 g/mol. The molecule has 1 aliphatic carbocycles. The molecule has 2 aliphatic heterocycles. The van der Waals surface area contributed by atoms with E-state index in [2.05, 4.69) is 10.6 Å². The van der Waals surface area contributed by atoms with E-state index in [9.17, 15) is 14.4 Å². The van der Waals surface area contributed by atoms with Crippen LogP contribution >= 0.6 is 0 Å². The second-order valence-corrected chi connectivity index (χ2v) is 9.78. The summed E-state index contributed by atoms with van der Waals surface area (Å²) in [5, 5.41) is 5.97. The fourth-order valence-corrected chi connectivity index (χ4v) is 4.96. The quantitative estimate of drug-likeness (QED) is 0.708. The van der Waals surface area contributed by atoms with Crippen LogP contribution in [0.25, 0.3) is 0 Å². The van der Waals surface area contributed by atoms with Crippen LogP contribution in [0.3, 0.4) is 0 Å². The molecule has 0 bridgehead atoms. The van der Waals surface area contributed by atoms with Crippen molar-refractivity contribution in [1.29, 1.82) is 0 Å². The van der Waals surface area contributed by atoms with E-state index in [1.807, 2.05) is 13.8 Å². The van der Waals surface area contributed by atoms with Gasteiger partial charge in [0.2, 0.25) is 11.8 Å². The Morgan fingerprint density at radius 1 is 1.15 bits per heavy atom. The largest absolute Gasteiger partial charge is 0.490 e. The molecule has 3 aliphatic rings. The van der Waals surface area contributed by atoms with Crippen LogP contribution in [0.15, 0.2) is 18.2 Å². The van der Waals surface area contributed by atoms with Crippen LogP contribution in [0.2, 0.25) is 0 Å². The molecule has 180 valence electrons. The molecule has 0 aromatic heterocycles. The van der Waals surface area contributed by atoms with E-state index >= 15 is 0 Å². The summed E-state index contributed by atoms with van der Waals surface area (Å²) in [6.07, 6.45) is 5.81. The maximum Gasteiger partial charge on any atom is 0.257 e. The van der Waals surface area contributed by atoms with Gasteiger partial charge in [0, 0.05) is 24.7 Å². The van der Waals surface area contributed by atoms with E-state index < -0.39 is 0 Å². The van der Waals surface area contributed by atoms with Crippen molar-refractivity contribution in [2.75, 3.05) is 19.0 Å². The van der Waals surface area contributed by atoms with Gasteiger partial charge in [-0.2, -0.15) is 0 Å². The average Bonchev–Trinajstić information content (AvgIpc) is 3.29. The summed E-state index contributed by atoms with van der Waals surface area (Å²) in [6.45, 7) is 3.94. The van der Waals surface area contributed by atoms with Crippen molar-refractivity contribution < 1.29 is 23.9 Å². The number of anilines is 1. The number of amides is 3. The number of benzene rings is 1. The highest BCUT2D eigenvalue weighted by Gasteiger charge is 2.39. The Bertz CT molecular complexity index is 896. The van der Waals surface area contributed by atoms with Crippen LogP contribution in [0, 0.1) is 5.92 Å². The Hall–Kier alpha value is -2.61. The smallest absolute Gasteiger partial charge is 0.257 e. The van der Waals surface area contributed by atoms with Gasteiger partial charge in [-0.05, 0) is 43.9 Å². The van der Waals surface area contributed by atoms with E-state index in [1.165, 1.54) is 12.8 Å². The van der Waals surface area contributed by atoms with Crippen molar-refractivity contribution in [3.8, 4) is 5.75 Å². The second kappa shape index (κ2) is 10.1. The van der Waals surface area contributed by atoms with Crippen molar-refractivity contribution >= 4 is 23.4 Å². The molecule has 3 amide bonds. The molecule has 1 saturated carbocycles. The molecular formula is C25H35N3O5. The van der Waals surface area contributed by atoms with Gasteiger partial charge in [-0.1, -0.05) is 26.7 Å². The zero-order valence-corrected chi connectivity index (χ0v) is 19.8. The Morgan fingerprint density at radius 3 is 2.64 bits per heavy atom. The molecule has 8 nitrogen and oxygen atoms in total. The third-order valence-electron chi connectivity index (χ3n) is 6.94. The van der Waals surface area contributed by atoms with Gasteiger partial charge in [-0.25, -0.2) is 0 Å². The van der Waals surface area contributed by atoms with Gasteiger partial charge in [0.1, 0.15) is 18.5 Å². The minimum atomic E-state index is -0.301. The molecule has 0 unspecified atom stereocenters. The third kappa shape index (κ3) is 5.49. The Balaban J connectivity index is 1.42. The first-order chi connectivity index (χ1) is 15.8. The van der Waals surface area contributed by atoms with Crippen molar-refractivity contribution in [2.24, 2.45) is 5.92 Å². The van der Waals surface area contributed by atoms with E-state index in [0.717, 1.165) is 19.3 Å². The van der Waals surface area contributed by atoms with E-state index in [1.54, 1.807) is 30.1 Å². The first-order valence-electron chi connectivity index (χ1n) is 12.1. The molecule has 0 spiro atoms. The van der Waals surface area contributed by atoms with Gasteiger partial charge in [0.15, 0.2) is 0 Å². The minimum Gasteiger partial charge on any atom is -0.490 e. The van der Waals surface area contributed by atoms with Crippen molar-refractivity contribution in [3.63, 3.8) is 0 Å².